The number of nitrogens with one attached hydrogen (secondary N) is 3. The third kappa shape index (κ3) is 11.4. The number of benzene rings is 1. The van der Waals surface area contributed by atoms with Gasteiger partial charge in [0.2, 0.25) is 23.6 Å². The number of carboxylic acid groups (broad SMARTS) is 2. The van der Waals surface area contributed by atoms with Crippen molar-refractivity contribution in [1.29, 1.82) is 0 Å². The van der Waals surface area contributed by atoms with E-state index in [1.54, 1.807) is 0 Å². The monoisotopic (exact) mass is 525 g/mol. The molecule has 0 heterocycles. The molecule has 204 valence electrons. The zero-order chi connectivity index (χ0) is 28.1. The Bertz CT molecular complexity index is 985. The van der Waals surface area contributed by atoms with Gasteiger partial charge in [-0.2, -0.15) is 0 Å². The van der Waals surface area contributed by atoms with Crippen molar-refractivity contribution >= 4 is 35.6 Å². The first-order valence-corrected chi connectivity index (χ1v) is 11.1. The SMILES string of the molecule is NC(=O)CCC(NC(=O)C(N)CO)C(=O)NC(CCC(=O)O)C(=O)NC(Cc1ccc(O)cc1)C(=O)O. The molecule has 0 radical (unpaired) electrons. The van der Waals surface area contributed by atoms with Crippen LogP contribution in [0.15, 0.2) is 24.3 Å². The van der Waals surface area contributed by atoms with Crippen LogP contribution in [0.5, 0.6) is 5.75 Å². The standard InChI is InChI=1S/C22H31N5O10/c23-13(10-28)19(33)25-14(5-7-17(24)30)20(34)26-15(6-8-18(31)32)21(35)27-16(22(36)37)9-11-1-3-12(29)4-2-11/h1-4,13-16,28-29H,5-10,23H2,(H2,24,30)(H,25,33)(H,26,34)(H,27,35)(H,31,32)(H,36,37). The summed E-state index contributed by atoms with van der Waals surface area (Å²) in [4.78, 5) is 71.8. The molecule has 4 unspecified atom stereocenters. The third-order valence-electron chi connectivity index (χ3n) is 5.12. The Labute approximate surface area is 211 Å². The van der Waals surface area contributed by atoms with Gasteiger partial charge in [-0.1, -0.05) is 12.1 Å². The predicted molar refractivity (Wildman–Crippen MR) is 126 cm³/mol. The highest BCUT2D eigenvalue weighted by atomic mass is 16.4. The molecule has 0 aliphatic carbocycles. The molecule has 15 heteroatoms. The molecule has 1 aromatic rings. The van der Waals surface area contributed by atoms with Crippen LogP contribution in [0.1, 0.15) is 31.2 Å². The van der Waals surface area contributed by atoms with Crippen LogP contribution in [0, 0.1) is 0 Å². The van der Waals surface area contributed by atoms with E-state index < -0.39 is 79.2 Å². The molecule has 11 N–H and O–H groups in total. The van der Waals surface area contributed by atoms with Crippen molar-refractivity contribution in [2.45, 2.75) is 56.3 Å². The molecule has 0 saturated carbocycles. The van der Waals surface area contributed by atoms with E-state index in [0.29, 0.717) is 5.56 Å². The number of carbonyl (C=O) groups is 6. The first-order chi connectivity index (χ1) is 17.3. The second-order valence-electron chi connectivity index (χ2n) is 8.12. The topological polar surface area (TPSA) is 271 Å². The Morgan fingerprint density at radius 1 is 0.784 bits per heavy atom. The normalized spacial score (nSPS) is 13.9. The molecule has 0 aliphatic heterocycles. The number of rotatable bonds is 16. The van der Waals surface area contributed by atoms with Crippen molar-refractivity contribution in [3.05, 3.63) is 29.8 Å². The zero-order valence-corrected chi connectivity index (χ0v) is 19.8. The number of primary amides is 1. The van der Waals surface area contributed by atoms with Crippen molar-refractivity contribution in [3.63, 3.8) is 0 Å². The fourth-order valence-corrected chi connectivity index (χ4v) is 3.07. The lowest BCUT2D eigenvalue weighted by Gasteiger charge is -2.25. The Kier molecular flexibility index (Phi) is 12.5. The number of aromatic hydroxyl groups is 1. The fourth-order valence-electron chi connectivity index (χ4n) is 3.07. The minimum Gasteiger partial charge on any atom is -0.508 e. The van der Waals surface area contributed by atoms with E-state index in [1.165, 1.54) is 24.3 Å². The number of amides is 4. The van der Waals surface area contributed by atoms with Gasteiger partial charge in [-0.15, -0.1) is 0 Å². The summed E-state index contributed by atoms with van der Waals surface area (Å²) in [7, 11) is 0. The van der Waals surface area contributed by atoms with Gasteiger partial charge < -0.3 is 47.8 Å². The fraction of sp³-hybridized carbons (Fsp3) is 0.455. The van der Waals surface area contributed by atoms with Gasteiger partial charge in [0.05, 0.1) is 6.61 Å². The van der Waals surface area contributed by atoms with E-state index in [2.05, 4.69) is 16.0 Å². The van der Waals surface area contributed by atoms with Crippen LogP contribution < -0.4 is 27.4 Å². The van der Waals surface area contributed by atoms with E-state index >= 15 is 0 Å². The van der Waals surface area contributed by atoms with Gasteiger partial charge in [-0.3, -0.25) is 24.0 Å². The number of carbonyl (C=O) groups excluding carboxylic acids is 4. The molecular formula is C22H31N5O10. The summed E-state index contributed by atoms with van der Waals surface area (Å²) in [5, 5.41) is 43.7. The summed E-state index contributed by atoms with van der Waals surface area (Å²) < 4.78 is 0. The molecule has 4 atom stereocenters. The van der Waals surface area contributed by atoms with Crippen LogP contribution >= 0.6 is 0 Å². The number of aliphatic carboxylic acids is 2. The molecule has 15 nitrogen and oxygen atoms in total. The summed E-state index contributed by atoms with van der Waals surface area (Å²) >= 11 is 0. The van der Waals surface area contributed by atoms with Crippen LogP contribution in [0.3, 0.4) is 0 Å². The first kappa shape index (κ1) is 30.8. The molecule has 0 fully saturated rings. The maximum atomic E-state index is 12.9. The highest BCUT2D eigenvalue weighted by molar-refractivity contribution is 5.94. The van der Waals surface area contributed by atoms with Crippen LogP contribution in [0.2, 0.25) is 0 Å². The van der Waals surface area contributed by atoms with Crippen LogP contribution in [-0.2, 0) is 35.2 Å². The number of aliphatic hydroxyl groups excluding tert-OH is 1. The maximum Gasteiger partial charge on any atom is 0.326 e. The average Bonchev–Trinajstić information content (AvgIpc) is 2.83. The van der Waals surface area contributed by atoms with Crippen molar-refractivity contribution in [3.8, 4) is 5.75 Å². The third-order valence-corrected chi connectivity index (χ3v) is 5.12. The first-order valence-electron chi connectivity index (χ1n) is 11.1. The number of hydrogen-bond donors (Lipinski definition) is 9. The molecular weight excluding hydrogens is 494 g/mol. The molecule has 1 rings (SSSR count). The summed E-state index contributed by atoms with van der Waals surface area (Å²) in [6.07, 6.45) is -1.81. The van der Waals surface area contributed by atoms with Crippen LogP contribution in [0.25, 0.3) is 0 Å². The van der Waals surface area contributed by atoms with E-state index in [0.717, 1.165) is 0 Å². The number of aliphatic hydroxyl groups is 1. The Morgan fingerprint density at radius 2 is 1.27 bits per heavy atom. The molecule has 0 spiro atoms. The van der Waals surface area contributed by atoms with Gasteiger partial charge in [0.25, 0.3) is 0 Å². The molecule has 0 aliphatic rings. The van der Waals surface area contributed by atoms with Gasteiger partial charge in [-0.05, 0) is 30.5 Å². The number of hydrogen-bond acceptors (Lipinski definition) is 9. The minimum atomic E-state index is -1.52. The summed E-state index contributed by atoms with van der Waals surface area (Å²) in [5.74, 6) is -6.47. The quantitative estimate of drug-likeness (QED) is 0.104. The number of phenols is 1. The van der Waals surface area contributed by atoms with E-state index in [1.807, 2.05) is 0 Å². The highest BCUT2D eigenvalue weighted by Gasteiger charge is 2.31. The Balaban J connectivity index is 3.06. The Morgan fingerprint density at radius 3 is 1.73 bits per heavy atom. The lowest BCUT2D eigenvalue weighted by molar-refractivity contribution is -0.143. The second kappa shape index (κ2) is 15.0. The average molecular weight is 526 g/mol. The van der Waals surface area contributed by atoms with Crippen molar-refractivity contribution in [2.24, 2.45) is 11.5 Å². The van der Waals surface area contributed by atoms with Gasteiger partial charge >= 0.3 is 11.9 Å². The molecule has 1 aromatic carbocycles. The number of nitrogens with two attached hydrogens (primary N) is 2. The van der Waals surface area contributed by atoms with Crippen molar-refractivity contribution in [1.82, 2.24) is 16.0 Å². The highest BCUT2D eigenvalue weighted by Crippen LogP contribution is 2.12. The van der Waals surface area contributed by atoms with Gasteiger partial charge in [0.15, 0.2) is 0 Å². The van der Waals surface area contributed by atoms with Gasteiger partial charge in [-0.25, -0.2) is 4.79 Å². The van der Waals surface area contributed by atoms with Crippen molar-refractivity contribution < 1.29 is 49.2 Å². The Hall–Kier alpha value is -4.24. The largest absolute Gasteiger partial charge is 0.508 e. The summed E-state index contributed by atoms with van der Waals surface area (Å²) in [5.41, 5.74) is 11.0. The molecule has 4 amide bonds. The molecule has 0 aromatic heterocycles. The van der Waals surface area contributed by atoms with Gasteiger partial charge in [0.1, 0.15) is 29.9 Å². The second-order valence-corrected chi connectivity index (χ2v) is 8.12. The summed E-state index contributed by atoms with van der Waals surface area (Å²) in [6.45, 7) is -0.739. The predicted octanol–water partition coefficient (Wildman–Crippen LogP) is -3.08. The van der Waals surface area contributed by atoms with Gasteiger partial charge in [0, 0.05) is 19.3 Å². The van der Waals surface area contributed by atoms with E-state index in [-0.39, 0.29) is 25.0 Å². The van der Waals surface area contributed by atoms with E-state index in [9.17, 15) is 39.0 Å². The van der Waals surface area contributed by atoms with E-state index in [4.69, 9.17) is 21.7 Å². The summed E-state index contributed by atoms with van der Waals surface area (Å²) in [6, 6.07) is -0.242. The minimum absolute atomic E-state index is 0.0472. The lowest BCUT2D eigenvalue weighted by atomic mass is 10.0. The van der Waals surface area contributed by atoms with Crippen LogP contribution in [0.4, 0.5) is 0 Å². The zero-order valence-electron chi connectivity index (χ0n) is 19.8. The van der Waals surface area contributed by atoms with Crippen LogP contribution in [-0.4, -0.2) is 86.8 Å². The molecule has 0 saturated heterocycles. The smallest absolute Gasteiger partial charge is 0.326 e. The molecule has 37 heavy (non-hydrogen) atoms. The number of carboxylic acids is 2. The maximum absolute atomic E-state index is 12.9. The molecule has 0 bridgehead atoms. The number of phenolic OH excluding ortho intramolecular Hbond substituents is 1. The van der Waals surface area contributed by atoms with Crippen molar-refractivity contribution in [2.75, 3.05) is 6.61 Å². The lowest BCUT2D eigenvalue weighted by Crippen LogP contribution is -2.57.